The summed E-state index contributed by atoms with van der Waals surface area (Å²) in [6.45, 7) is 1.08. The molecule has 6 heteroatoms. The quantitative estimate of drug-likeness (QED) is 0.810. The highest BCUT2D eigenvalue weighted by atomic mass is 32.2. The van der Waals surface area contributed by atoms with E-state index in [9.17, 15) is 0 Å². The van der Waals surface area contributed by atoms with Gasteiger partial charge in [-0.15, -0.1) is 0 Å². The molecule has 2 aliphatic rings. The number of rotatable bonds is 2. The fourth-order valence-corrected chi connectivity index (χ4v) is 3.61. The standard InChI is InChI=1S/C12H18N4OS/c1-16-4-5-18-7-10(16)11-14-12(17-15-11)8-2-3-9(13)6-8/h2-3,8-10H,4-7,13H2,1H3. The first kappa shape index (κ1) is 12.2. The van der Waals surface area contributed by atoms with Gasteiger partial charge in [0.1, 0.15) is 0 Å². The minimum atomic E-state index is 0.123. The van der Waals surface area contributed by atoms with Crippen LogP contribution < -0.4 is 5.73 Å². The summed E-state index contributed by atoms with van der Waals surface area (Å²) >= 11 is 1.95. The smallest absolute Gasteiger partial charge is 0.233 e. The van der Waals surface area contributed by atoms with Gasteiger partial charge in [-0.25, -0.2) is 0 Å². The molecule has 3 atom stereocenters. The Bertz CT molecular complexity index is 447. The van der Waals surface area contributed by atoms with Crippen LogP contribution in [0, 0.1) is 0 Å². The van der Waals surface area contributed by atoms with Crippen molar-refractivity contribution in [2.24, 2.45) is 5.73 Å². The highest BCUT2D eigenvalue weighted by molar-refractivity contribution is 7.99. The summed E-state index contributed by atoms with van der Waals surface area (Å²) in [5.74, 6) is 3.93. The molecule has 3 rings (SSSR count). The Morgan fingerprint density at radius 3 is 3.11 bits per heavy atom. The largest absolute Gasteiger partial charge is 0.339 e. The van der Waals surface area contributed by atoms with E-state index in [-0.39, 0.29) is 18.0 Å². The van der Waals surface area contributed by atoms with Crippen LogP contribution >= 0.6 is 11.8 Å². The second-order valence-corrected chi connectivity index (χ2v) is 6.10. The van der Waals surface area contributed by atoms with E-state index >= 15 is 0 Å². The van der Waals surface area contributed by atoms with E-state index in [2.05, 4.69) is 28.2 Å². The maximum atomic E-state index is 5.85. The van der Waals surface area contributed by atoms with Gasteiger partial charge in [-0.1, -0.05) is 17.3 Å². The van der Waals surface area contributed by atoms with Crippen LogP contribution in [0.3, 0.4) is 0 Å². The third-order valence-corrected chi connectivity index (χ3v) is 4.61. The fourth-order valence-electron chi connectivity index (χ4n) is 2.40. The molecule has 1 aliphatic carbocycles. The molecular formula is C12H18N4OS. The molecule has 1 aromatic rings. The summed E-state index contributed by atoms with van der Waals surface area (Å²) in [5, 5.41) is 4.14. The van der Waals surface area contributed by atoms with E-state index in [1.165, 1.54) is 5.75 Å². The van der Waals surface area contributed by atoms with Crippen molar-refractivity contribution in [2.45, 2.75) is 24.4 Å². The SMILES string of the molecule is CN1CCSCC1c1noc(C2C=CC(N)C2)n1. The van der Waals surface area contributed by atoms with Crippen molar-refractivity contribution < 1.29 is 4.52 Å². The predicted molar refractivity (Wildman–Crippen MR) is 71.5 cm³/mol. The molecule has 1 aromatic heterocycles. The van der Waals surface area contributed by atoms with Crippen molar-refractivity contribution in [3.8, 4) is 0 Å². The Kier molecular flexibility index (Phi) is 3.41. The van der Waals surface area contributed by atoms with Gasteiger partial charge >= 0.3 is 0 Å². The highest BCUT2D eigenvalue weighted by Crippen LogP contribution is 2.30. The molecule has 1 aliphatic heterocycles. The molecule has 0 spiro atoms. The van der Waals surface area contributed by atoms with Crippen molar-refractivity contribution in [1.82, 2.24) is 15.0 Å². The summed E-state index contributed by atoms with van der Waals surface area (Å²) in [4.78, 5) is 6.85. The van der Waals surface area contributed by atoms with Crippen molar-refractivity contribution in [1.29, 1.82) is 0 Å². The molecule has 2 heterocycles. The Morgan fingerprint density at radius 2 is 2.39 bits per heavy atom. The Hall–Kier alpha value is -0.850. The molecule has 3 unspecified atom stereocenters. The third-order valence-electron chi connectivity index (χ3n) is 3.59. The van der Waals surface area contributed by atoms with Crippen LogP contribution in [0.5, 0.6) is 0 Å². The molecule has 0 bridgehead atoms. The van der Waals surface area contributed by atoms with Crippen LogP contribution in [-0.4, -0.2) is 46.2 Å². The molecule has 18 heavy (non-hydrogen) atoms. The average Bonchev–Trinajstić information content (AvgIpc) is 2.98. The zero-order valence-corrected chi connectivity index (χ0v) is 11.3. The van der Waals surface area contributed by atoms with Gasteiger partial charge in [0.15, 0.2) is 5.82 Å². The number of nitrogens with two attached hydrogens (primary N) is 1. The van der Waals surface area contributed by atoms with E-state index in [0.29, 0.717) is 5.89 Å². The molecule has 0 aromatic carbocycles. The van der Waals surface area contributed by atoms with Crippen molar-refractivity contribution in [3.63, 3.8) is 0 Å². The Balaban J connectivity index is 1.75. The number of hydrogen-bond acceptors (Lipinski definition) is 6. The van der Waals surface area contributed by atoms with Gasteiger partial charge in [0.05, 0.1) is 12.0 Å². The van der Waals surface area contributed by atoms with Crippen LogP contribution in [0.4, 0.5) is 0 Å². The first-order chi connectivity index (χ1) is 8.74. The number of aromatic nitrogens is 2. The number of nitrogens with zero attached hydrogens (tertiary/aromatic N) is 3. The van der Waals surface area contributed by atoms with E-state index < -0.39 is 0 Å². The van der Waals surface area contributed by atoms with Gasteiger partial charge in [-0.05, 0) is 13.5 Å². The number of hydrogen-bond donors (Lipinski definition) is 1. The zero-order valence-electron chi connectivity index (χ0n) is 10.5. The first-order valence-electron chi connectivity index (χ1n) is 6.29. The molecule has 0 radical (unpaired) electrons. The van der Waals surface area contributed by atoms with Crippen LogP contribution in [0.15, 0.2) is 16.7 Å². The molecule has 1 fully saturated rings. The zero-order chi connectivity index (χ0) is 12.5. The molecular weight excluding hydrogens is 248 g/mol. The topological polar surface area (TPSA) is 68.2 Å². The molecule has 2 N–H and O–H groups in total. The second kappa shape index (κ2) is 5.03. The van der Waals surface area contributed by atoms with Gasteiger partial charge < -0.3 is 10.3 Å². The minimum absolute atomic E-state index is 0.123. The fraction of sp³-hybridized carbons (Fsp3) is 0.667. The van der Waals surface area contributed by atoms with Crippen molar-refractivity contribution in [2.75, 3.05) is 25.1 Å². The van der Waals surface area contributed by atoms with Crippen molar-refractivity contribution >= 4 is 11.8 Å². The van der Waals surface area contributed by atoms with Crippen molar-refractivity contribution in [3.05, 3.63) is 23.9 Å². The molecule has 0 saturated carbocycles. The maximum Gasteiger partial charge on any atom is 0.233 e. The number of thioether (sulfide) groups is 1. The molecule has 5 nitrogen and oxygen atoms in total. The van der Waals surface area contributed by atoms with Crippen LogP contribution in [0.2, 0.25) is 0 Å². The summed E-state index contributed by atoms with van der Waals surface area (Å²) in [6.07, 6.45) is 4.95. The lowest BCUT2D eigenvalue weighted by Crippen LogP contribution is -2.33. The summed E-state index contributed by atoms with van der Waals surface area (Å²) in [7, 11) is 2.12. The van der Waals surface area contributed by atoms with Crippen LogP contribution in [-0.2, 0) is 0 Å². The van der Waals surface area contributed by atoms with Crippen LogP contribution in [0.1, 0.15) is 30.1 Å². The van der Waals surface area contributed by atoms with E-state index in [1.807, 2.05) is 17.8 Å². The summed E-state index contributed by atoms with van der Waals surface area (Å²) < 4.78 is 5.39. The van der Waals surface area contributed by atoms with E-state index in [0.717, 1.165) is 24.5 Å². The van der Waals surface area contributed by atoms with E-state index in [4.69, 9.17) is 10.3 Å². The normalized spacial score (nSPS) is 33.1. The second-order valence-electron chi connectivity index (χ2n) is 4.95. The highest BCUT2D eigenvalue weighted by Gasteiger charge is 2.28. The lowest BCUT2D eigenvalue weighted by Gasteiger charge is -2.29. The van der Waals surface area contributed by atoms with Gasteiger partial charge in [0, 0.05) is 24.1 Å². The summed E-state index contributed by atoms with van der Waals surface area (Å²) in [6, 6.07) is 0.401. The average molecular weight is 266 g/mol. The van der Waals surface area contributed by atoms with E-state index in [1.54, 1.807) is 0 Å². The predicted octanol–water partition coefficient (Wildman–Crippen LogP) is 1.16. The van der Waals surface area contributed by atoms with Gasteiger partial charge in [0.25, 0.3) is 0 Å². The lowest BCUT2D eigenvalue weighted by molar-refractivity contribution is 0.256. The third kappa shape index (κ3) is 2.32. The maximum absolute atomic E-state index is 5.85. The minimum Gasteiger partial charge on any atom is -0.339 e. The number of allylic oxidation sites excluding steroid dienone is 1. The molecule has 0 amide bonds. The first-order valence-corrected chi connectivity index (χ1v) is 7.45. The molecule has 98 valence electrons. The summed E-state index contributed by atoms with van der Waals surface area (Å²) in [5.41, 5.74) is 5.85. The molecule has 1 saturated heterocycles. The monoisotopic (exact) mass is 266 g/mol. The Labute approximate surface area is 111 Å². The van der Waals surface area contributed by atoms with Gasteiger partial charge in [-0.3, -0.25) is 4.90 Å². The lowest BCUT2D eigenvalue weighted by atomic mass is 10.1. The Morgan fingerprint density at radius 1 is 1.50 bits per heavy atom. The van der Waals surface area contributed by atoms with Gasteiger partial charge in [-0.2, -0.15) is 16.7 Å². The van der Waals surface area contributed by atoms with Gasteiger partial charge in [0.2, 0.25) is 5.89 Å². The van der Waals surface area contributed by atoms with Crippen LogP contribution in [0.25, 0.3) is 0 Å².